The number of carbonyl (C=O) groups excluding carboxylic acids is 1. The summed E-state index contributed by atoms with van der Waals surface area (Å²) in [5.74, 6) is 0. The van der Waals surface area contributed by atoms with Crippen LogP contribution >= 0.6 is 0 Å². The monoisotopic (exact) mass is 143 g/mol. The topological polar surface area (TPSA) is 52.3 Å². The van der Waals surface area contributed by atoms with Crippen LogP contribution in [0.15, 0.2) is 0 Å². The molecule has 0 aromatic heterocycles. The van der Waals surface area contributed by atoms with Crippen LogP contribution in [0.2, 0.25) is 0 Å². The van der Waals surface area contributed by atoms with Crippen LogP contribution in [0, 0.1) is 0 Å². The molecule has 0 heterocycles. The molecule has 0 fully saturated rings. The van der Waals surface area contributed by atoms with Crippen molar-refractivity contribution in [1.29, 1.82) is 0 Å². The van der Waals surface area contributed by atoms with E-state index < -0.39 is 18.9 Å². The molecule has 0 bridgehead atoms. The van der Waals surface area contributed by atoms with Crippen molar-refractivity contribution in [2.45, 2.75) is 6.18 Å². The molecule has 0 unspecified atom stereocenters. The van der Waals surface area contributed by atoms with Gasteiger partial charge in [0, 0.05) is 0 Å². The molecule has 0 aliphatic carbocycles. The third-order valence-electron chi connectivity index (χ3n) is 0.378. The summed E-state index contributed by atoms with van der Waals surface area (Å²) in [6, 6.07) is 0. The highest BCUT2D eigenvalue weighted by Crippen LogP contribution is 2.13. The first-order chi connectivity index (χ1) is 3.92. The predicted octanol–water partition coefficient (Wildman–Crippen LogP) is 0.644. The molecule has 6 heteroatoms. The number of hydrogen-bond acceptors (Lipinski definition) is 2. The summed E-state index contributed by atoms with van der Waals surface area (Å²) in [6.45, 7) is -1.62. The molecule has 9 heavy (non-hydrogen) atoms. The molecule has 1 amide bonds. The van der Waals surface area contributed by atoms with Crippen LogP contribution in [0.4, 0.5) is 18.0 Å². The molecule has 54 valence electrons. The molecule has 0 aliphatic rings. The molecule has 0 aromatic carbocycles. The minimum atomic E-state index is -4.49. The minimum Gasteiger partial charge on any atom is -0.440 e. The second-order valence-corrected chi connectivity index (χ2v) is 1.22. The quantitative estimate of drug-likeness (QED) is 0.585. The summed E-state index contributed by atoms with van der Waals surface area (Å²) in [4.78, 5) is 9.55. The third-order valence-corrected chi connectivity index (χ3v) is 0.378. The molecule has 0 saturated carbocycles. The van der Waals surface area contributed by atoms with Gasteiger partial charge in [-0.1, -0.05) is 0 Å². The highest BCUT2D eigenvalue weighted by atomic mass is 19.4. The van der Waals surface area contributed by atoms with E-state index >= 15 is 0 Å². The highest BCUT2D eigenvalue weighted by molar-refractivity contribution is 5.64. The van der Waals surface area contributed by atoms with Crippen molar-refractivity contribution >= 4 is 6.09 Å². The van der Waals surface area contributed by atoms with Gasteiger partial charge in [-0.25, -0.2) is 4.79 Å². The van der Waals surface area contributed by atoms with E-state index in [1.165, 1.54) is 0 Å². The molecule has 3 nitrogen and oxygen atoms in total. The van der Waals surface area contributed by atoms with Crippen molar-refractivity contribution < 1.29 is 22.7 Å². The Labute approximate surface area is 48.6 Å². The zero-order chi connectivity index (χ0) is 7.49. The third kappa shape index (κ3) is 7.06. The van der Waals surface area contributed by atoms with Gasteiger partial charge in [0.15, 0.2) is 6.61 Å². The standard InChI is InChI=1S/C3H4F3NO2/c4-3(5,6)1-9-2(7)8/h1H2,(H2,7,8). The van der Waals surface area contributed by atoms with Crippen molar-refractivity contribution in [3.8, 4) is 0 Å². The van der Waals surface area contributed by atoms with Crippen LogP contribution in [0.5, 0.6) is 0 Å². The number of rotatable bonds is 1. The summed E-state index contributed by atoms with van der Waals surface area (Å²) < 4.78 is 36.7. The fraction of sp³-hybridized carbons (Fsp3) is 0.667. The lowest BCUT2D eigenvalue weighted by Crippen LogP contribution is -2.23. The normalized spacial score (nSPS) is 11.0. The Morgan fingerprint density at radius 2 is 2.00 bits per heavy atom. The highest BCUT2D eigenvalue weighted by Gasteiger charge is 2.28. The number of nitrogens with two attached hydrogens (primary N) is 1. The number of hydrogen-bond donors (Lipinski definition) is 1. The smallest absolute Gasteiger partial charge is 0.422 e. The van der Waals surface area contributed by atoms with Crippen LogP contribution in [-0.2, 0) is 4.74 Å². The molecule has 0 saturated heterocycles. The van der Waals surface area contributed by atoms with Gasteiger partial charge in [-0.05, 0) is 0 Å². The molecule has 0 aliphatic heterocycles. The van der Waals surface area contributed by atoms with E-state index in [0.717, 1.165) is 0 Å². The number of halogens is 3. The lowest BCUT2D eigenvalue weighted by Gasteiger charge is -2.03. The van der Waals surface area contributed by atoms with E-state index in [1.54, 1.807) is 0 Å². The fourth-order valence-electron chi connectivity index (χ4n) is 0.153. The first-order valence-electron chi connectivity index (χ1n) is 1.91. The molecule has 0 radical (unpaired) electrons. The second-order valence-electron chi connectivity index (χ2n) is 1.22. The lowest BCUT2D eigenvalue weighted by molar-refractivity contribution is -0.159. The molecule has 0 aromatic rings. The van der Waals surface area contributed by atoms with E-state index in [4.69, 9.17) is 0 Å². The van der Waals surface area contributed by atoms with Crippen LogP contribution in [-0.4, -0.2) is 18.9 Å². The maximum Gasteiger partial charge on any atom is 0.422 e. The molecule has 0 rings (SSSR count). The molecular formula is C3H4F3NO2. The van der Waals surface area contributed by atoms with Crippen LogP contribution in [0.1, 0.15) is 0 Å². The lowest BCUT2D eigenvalue weighted by atomic mass is 10.7. The van der Waals surface area contributed by atoms with Crippen molar-refractivity contribution in [3.05, 3.63) is 0 Å². The average molecular weight is 143 g/mol. The van der Waals surface area contributed by atoms with Gasteiger partial charge in [-0.3, -0.25) is 0 Å². The van der Waals surface area contributed by atoms with Gasteiger partial charge in [-0.2, -0.15) is 13.2 Å². The Bertz CT molecular complexity index is 110. The fourth-order valence-corrected chi connectivity index (χ4v) is 0.153. The molecular weight excluding hydrogens is 139 g/mol. The van der Waals surface area contributed by atoms with Gasteiger partial charge in [0.05, 0.1) is 0 Å². The van der Waals surface area contributed by atoms with Gasteiger partial charge in [0.25, 0.3) is 0 Å². The summed E-state index contributed by atoms with van der Waals surface area (Å²) in [6.07, 6.45) is -5.91. The van der Waals surface area contributed by atoms with Gasteiger partial charge < -0.3 is 10.5 Å². The Hall–Kier alpha value is -0.940. The Morgan fingerprint density at radius 3 is 2.11 bits per heavy atom. The summed E-state index contributed by atoms with van der Waals surface area (Å²) in [5, 5.41) is 0. The van der Waals surface area contributed by atoms with Crippen LogP contribution in [0.3, 0.4) is 0 Å². The Kier molecular flexibility index (Phi) is 2.29. The Morgan fingerprint density at radius 1 is 1.56 bits per heavy atom. The van der Waals surface area contributed by atoms with E-state index in [1.807, 2.05) is 0 Å². The molecule has 2 N–H and O–H groups in total. The first-order valence-corrected chi connectivity index (χ1v) is 1.91. The van der Waals surface area contributed by atoms with E-state index in [-0.39, 0.29) is 0 Å². The van der Waals surface area contributed by atoms with Crippen molar-refractivity contribution in [1.82, 2.24) is 0 Å². The molecule has 0 atom stereocenters. The predicted molar refractivity (Wildman–Crippen MR) is 21.6 cm³/mol. The van der Waals surface area contributed by atoms with Crippen molar-refractivity contribution in [2.75, 3.05) is 6.61 Å². The van der Waals surface area contributed by atoms with Crippen molar-refractivity contribution in [2.24, 2.45) is 5.73 Å². The van der Waals surface area contributed by atoms with Crippen LogP contribution in [0.25, 0.3) is 0 Å². The maximum absolute atomic E-state index is 11.1. The van der Waals surface area contributed by atoms with Crippen molar-refractivity contribution in [3.63, 3.8) is 0 Å². The van der Waals surface area contributed by atoms with Gasteiger partial charge in [0.1, 0.15) is 0 Å². The van der Waals surface area contributed by atoms with Gasteiger partial charge >= 0.3 is 12.3 Å². The SMILES string of the molecule is NC(=O)OCC(F)(F)F. The zero-order valence-electron chi connectivity index (χ0n) is 4.23. The van der Waals surface area contributed by atoms with E-state index in [0.29, 0.717) is 0 Å². The molecule has 0 spiro atoms. The number of alkyl halides is 3. The maximum atomic E-state index is 11.1. The Balaban J connectivity index is 3.39. The largest absolute Gasteiger partial charge is 0.440 e. The number of carbonyl (C=O) groups is 1. The summed E-state index contributed by atoms with van der Waals surface area (Å²) in [5.41, 5.74) is 4.24. The van der Waals surface area contributed by atoms with Gasteiger partial charge in [-0.15, -0.1) is 0 Å². The first kappa shape index (κ1) is 8.06. The minimum absolute atomic E-state index is 1.42. The number of primary amides is 1. The van der Waals surface area contributed by atoms with E-state index in [9.17, 15) is 18.0 Å². The van der Waals surface area contributed by atoms with Crippen LogP contribution < -0.4 is 5.73 Å². The zero-order valence-corrected chi connectivity index (χ0v) is 4.23. The van der Waals surface area contributed by atoms with E-state index in [2.05, 4.69) is 10.5 Å². The number of ether oxygens (including phenoxy) is 1. The second kappa shape index (κ2) is 2.56. The summed E-state index contributed by atoms with van der Waals surface area (Å²) >= 11 is 0. The summed E-state index contributed by atoms with van der Waals surface area (Å²) in [7, 11) is 0. The number of amides is 1. The van der Waals surface area contributed by atoms with Gasteiger partial charge in [0.2, 0.25) is 0 Å². The average Bonchev–Trinajstić information content (AvgIpc) is 1.59.